The SMILES string of the molecule is Clc1ncccc1COCC1CCCO1. The molecule has 2 rings (SSSR count). The van der Waals surface area contributed by atoms with Gasteiger partial charge in [-0.05, 0) is 18.9 Å². The van der Waals surface area contributed by atoms with Crippen LogP contribution in [0.2, 0.25) is 5.15 Å². The van der Waals surface area contributed by atoms with E-state index in [1.54, 1.807) is 6.20 Å². The van der Waals surface area contributed by atoms with Gasteiger partial charge < -0.3 is 9.47 Å². The Kier molecular flexibility index (Phi) is 3.94. The van der Waals surface area contributed by atoms with E-state index in [2.05, 4.69) is 4.98 Å². The fourth-order valence-electron chi connectivity index (χ4n) is 1.60. The van der Waals surface area contributed by atoms with E-state index in [9.17, 15) is 0 Å². The normalized spacial score (nSPS) is 20.7. The minimum atomic E-state index is 0.264. The van der Waals surface area contributed by atoms with Crippen molar-refractivity contribution in [1.29, 1.82) is 0 Å². The minimum Gasteiger partial charge on any atom is -0.376 e. The summed E-state index contributed by atoms with van der Waals surface area (Å²) in [5, 5.41) is 0.518. The van der Waals surface area contributed by atoms with Gasteiger partial charge in [0.05, 0.1) is 19.3 Å². The van der Waals surface area contributed by atoms with E-state index in [-0.39, 0.29) is 6.10 Å². The van der Waals surface area contributed by atoms with Gasteiger partial charge in [-0.25, -0.2) is 4.98 Å². The maximum Gasteiger partial charge on any atom is 0.134 e. The Morgan fingerprint density at radius 1 is 1.60 bits per heavy atom. The summed E-state index contributed by atoms with van der Waals surface area (Å²) in [7, 11) is 0. The highest BCUT2D eigenvalue weighted by molar-refractivity contribution is 6.30. The molecule has 15 heavy (non-hydrogen) atoms. The molecule has 0 aromatic carbocycles. The van der Waals surface area contributed by atoms with Crippen molar-refractivity contribution in [2.45, 2.75) is 25.6 Å². The van der Waals surface area contributed by atoms with Crippen LogP contribution in [0.4, 0.5) is 0 Å². The lowest BCUT2D eigenvalue weighted by Crippen LogP contribution is -2.13. The van der Waals surface area contributed by atoms with Crippen molar-refractivity contribution in [2.24, 2.45) is 0 Å². The molecule has 1 aromatic heterocycles. The Balaban J connectivity index is 1.75. The monoisotopic (exact) mass is 227 g/mol. The summed E-state index contributed by atoms with van der Waals surface area (Å²) in [4.78, 5) is 3.98. The molecular formula is C11H14ClNO2. The number of rotatable bonds is 4. The summed E-state index contributed by atoms with van der Waals surface area (Å²) in [6.45, 7) is 2.01. The fourth-order valence-corrected chi connectivity index (χ4v) is 1.78. The molecule has 0 spiro atoms. The highest BCUT2D eigenvalue weighted by Crippen LogP contribution is 2.15. The maximum atomic E-state index is 5.90. The molecule has 0 saturated carbocycles. The average Bonchev–Trinajstić information content (AvgIpc) is 2.74. The van der Waals surface area contributed by atoms with E-state index >= 15 is 0 Å². The second kappa shape index (κ2) is 5.45. The van der Waals surface area contributed by atoms with Crippen molar-refractivity contribution in [3.8, 4) is 0 Å². The lowest BCUT2D eigenvalue weighted by Gasteiger charge is -2.10. The van der Waals surface area contributed by atoms with Gasteiger partial charge in [0.2, 0.25) is 0 Å². The van der Waals surface area contributed by atoms with E-state index in [0.29, 0.717) is 18.4 Å². The molecule has 82 valence electrons. The Bertz CT molecular complexity index is 313. The van der Waals surface area contributed by atoms with Crippen LogP contribution in [0.15, 0.2) is 18.3 Å². The zero-order valence-corrected chi connectivity index (χ0v) is 9.24. The molecular weight excluding hydrogens is 214 g/mol. The molecule has 1 aliphatic rings. The predicted molar refractivity (Wildman–Crippen MR) is 57.9 cm³/mol. The molecule has 0 radical (unpaired) electrons. The maximum absolute atomic E-state index is 5.90. The Morgan fingerprint density at radius 3 is 3.27 bits per heavy atom. The first-order valence-electron chi connectivity index (χ1n) is 5.15. The first-order valence-corrected chi connectivity index (χ1v) is 5.53. The van der Waals surface area contributed by atoms with Crippen molar-refractivity contribution in [2.75, 3.05) is 13.2 Å². The molecule has 1 atom stereocenters. The third-order valence-electron chi connectivity index (χ3n) is 2.42. The summed E-state index contributed by atoms with van der Waals surface area (Å²) in [6.07, 6.45) is 4.18. The molecule has 0 aliphatic carbocycles. The number of hydrogen-bond donors (Lipinski definition) is 0. The molecule has 0 amide bonds. The number of hydrogen-bond acceptors (Lipinski definition) is 3. The number of ether oxygens (including phenoxy) is 2. The minimum absolute atomic E-state index is 0.264. The van der Waals surface area contributed by atoms with Gasteiger partial charge in [-0.2, -0.15) is 0 Å². The lowest BCUT2D eigenvalue weighted by atomic mass is 10.2. The van der Waals surface area contributed by atoms with Gasteiger partial charge in [0, 0.05) is 18.4 Å². The molecule has 1 fully saturated rings. The molecule has 4 heteroatoms. The van der Waals surface area contributed by atoms with E-state index in [1.165, 1.54) is 0 Å². The van der Waals surface area contributed by atoms with Crippen LogP contribution in [0, 0.1) is 0 Å². The highest BCUT2D eigenvalue weighted by atomic mass is 35.5. The van der Waals surface area contributed by atoms with E-state index < -0.39 is 0 Å². The van der Waals surface area contributed by atoms with Gasteiger partial charge in [0.25, 0.3) is 0 Å². The number of aromatic nitrogens is 1. The molecule has 2 heterocycles. The van der Waals surface area contributed by atoms with Gasteiger partial charge in [-0.1, -0.05) is 17.7 Å². The second-order valence-electron chi connectivity index (χ2n) is 3.60. The average molecular weight is 228 g/mol. The second-order valence-corrected chi connectivity index (χ2v) is 3.96. The van der Waals surface area contributed by atoms with Crippen LogP contribution in [-0.2, 0) is 16.1 Å². The first-order chi connectivity index (χ1) is 7.36. The topological polar surface area (TPSA) is 31.4 Å². The summed E-state index contributed by atoms with van der Waals surface area (Å²) in [5.74, 6) is 0. The number of pyridine rings is 1. The van der Waals surface area contributed by atoms with Crippen LogP contribution in [-0.4, -0.2) is 24.3 Å². The third-order valence-corrected chi connectivity index (χ3v) is 2.76. The van der Waals surface area contributed by atoms with Gasteiger partial charge in [-0.3, -0.25) is 0 Å². The van der Waals surface area contributed by atoms with Crippen LogP contribution < -0.4 is 0 Å². The summed E-state index contributed by atoms with van der Waals surface area (Å²) in [5.41, 5.74) is 0.928. The third kappa shape index (κ3) is 3.16. The van der Waals surface area contributed by atoms with Gasteiger partial charge in [-0.15, -0.1) is 0 Å². The fraction of sp³-hybridized carbons (Fsp3) is 0.545. The molecule has 1 saturated heterocycles. The van der Waals surface area contributed by atoms with Gasteiger partial charge in [0.1, 0.15) is 5.15 Å². The van der Waals surface area contributed by atoms with Crippen LogP contribution in [0.25, 0.3) is 0 Å². The zero-order valence-electron chi connectivity index (χ0n) is 8.49. The summed E-state index contributed by atoms with van der Waals surface area (Å²) >= 11 is 5.90. The molecule has 1 aliphatic heterocycles. The molecule has 1 aromatic rings. The van der Waals surface area contributed by atoms with Crippen molar-refractivity contribution < 1.29 is 9.47 Å². The summed E-state index contributed by atoms with van der Waals surface area (Å²) in [6, 6.07) is 3.78. The first kappa shape index (κ1) is 10.9. The number of halogens is 1. The van der Waals surface area contributed by atoms with Crippen LogP contribution in [0.3, 0.4) is 0 Å². The van der Waals surface area contributed by atoms with E-state index in [4.69, 9.17) is 21.1 Å². The Hall–Kier alpha value is -0.640. The van der Waals surface area contributed by atoms with Crippen LogP contribution in [0.1, 0.15) is 18.4 Å². The largest absolute Gasteiger partial charge is 0.376 e. The van der Waals surface area contributed by atoms with Crippen LogP contribution >= 0.6 is 11.6 Å². The quantitative estimate of drug-likeness (QED) is 0.741. The Morgan fingerprint density at radius 2 is 2.53 bits per heavy atom. The summed E-state index contributed by atoms with van der Waals surface area (Å²) < 4.78 is 11.0. The van der Waals surface area contributed by atoms with Crippen molar-refractivity contribution in [3.05, 3.63) is 29.0 Å². The van der Waals surface area contributed by atoms with E-state index in [1.807, 2.05) is 12.1 Å². The Labute approximate surface area is 94.4 Å². The molecule has 1 unspecified atom stereocenters. The standard InChI is InChI=1S/C11H14ClNO2/c12-11-9(3-1-5-13-11)7-14-8-10-4-2-6-15-10/h1,3,5,10H,2,4,6-8H2. The van der Waals surface area contributed by atoms with Crippen molar-refractivity contribution >= 4 is 11.6 Å². The van der Waals surface area contributed by atoms with E-state index in [0.717, 1.165) is 25.0 Å². The van der Waals surface area contributed by atoms with Gasteiger partial charge >= 0.3 is 0 Å². The highest BCUT2D eigenvalue weighted by Gasteiger charge is 2.15. The van der Waals surface area contributed by atoms with Gasteiger partial charge in [0.15, 0.2) is 0 Å². The van der Waals surface area contributed by atoms with Crippen molar-refractivity contribution in [3.63, 3.8) is 0 Å². The molecule has 3 nitrogen and oxygen atoms in total. The van der Waals surface area contributed by atoms with Crippen LogP contribution in [0.5, 0.6) is 0 Å². The number of nitrogens with zero attached hydrogens (tertiary/aromatic N) is 1. The lowest BCUT2D eigenvalue weighted by molar-refractivity contribution is 0.0105. The smallest absolute Gasteiger partial charge is 0.134 e. The van der Waals surface area contributed by atoms with Crippen molar-refractivity contribution in [1.82, 2.24) is 4.98 Å². The molecule has 0 bridgehead atoms. The zero-order chi connectivity index (χ0) is 10.5. The molecule has 0 N–H and O–H groups in total. The predicted octanol–water partition coefficient (Wildman–Crippen LogP) is 2.43.